The highest BCUT2D eigenvalue weighted by Crippen LogP contribution is 2.30. The molecule has 1 aromatic carbocycles. The second-order valence-corrected chi connectivity index (χ2v) is 6.50. The first kappa shape index (κ1) is 19.0. The molecule has 0 bridgehead atoms. The van der Waals surface area contributed by atoms with Crippen LogP contribution < -0.4 is 16.0 Å². The maximum Gasteiger partial charge on any atom is 0.262 e. The molecule has 0 aliphatic carbocycles. The van der Waals surface area contributed by atoms with Crippen LogP contribution in [0.4, 0.5) is 5.69 Å². The Labute approximate surface area is 156 Å². The smallest absolute Gasteiger partial charge is 0.262 e. The van der Waals surface area contributed by atoms with E-state index >= 15 is 0 Å². The summed E-state index contributed by atoms with van der Waals surface area (Å²) in [5, 5.41) is 2.18. The molecule has 9 nitrogen and oxygen atoms in total. The van der Waals surface area contributed by atoms with Crippen LogP contribution in [0.3, 0.4) is 0 Å². The van der Waals surface area contributed by atoms with E-state index in [9.17, 15) is 19.2 Å². The molecular weight excluding hydrogens is 352 g/mol. The highest BCUT2D eigenvalue weighted by Gasteiger charge is 2.44. The van der Waals surface area contributed by atoms with Crippen molar-refractivity contribution in [1.29, 1.82) is 0 Å². The third-order valence-electron chi connectivity index (χ3n) is 4.70. The number of carbonyl (C=O) groups excluding carboxylic acids is 4. The molecule has 1 fully saturated rings. The summed E-state index contributed by atoms with van der Waals surface area (Å²) in [6.07, 6.45) is 0.238. The molecule has 4 amide bonds. The van der Waals surface area contributed by atoms with Crippen LogP contribution in [0.25, 0.3) is 0 Å². The number of anilines is 1. The van der Waals surface area contributed by atoms with Gasteiger partial charge in [-0.2, -0.15) is 0 Å². The minimum atomic E-state index is -0.957. The molecule has 1 saturated heterocycles. The van der Waals surface area contributed by atoms with Crippen LogP contribution in [0.1, 0.15) is 33.6 Å². The van der Waals surface area contributed by atoms with E-state index in [0.717, 1.165) is 10.6 Å². The zero-order valence-electron chi connectivity index (χ0n) is 15.1. The van der Waals surface area contributed by atoms with Crippen LogP contribution in [-0.4, -0.2) is 67.9 Å². The lowest BCUT2D eigenvalue weighted by Crippen LogP contribution is -2.54. The zero-order chi connectivity index (χ0) is 19.6. The number of hydrogen-bond acceptors (Lipinski definition) is 7. The van der Waals surface area contributed by atoms with E-state index in [4.69, 9.17) is 10.5 Å². The van der Waals surface area contributed by atoms with Crippen molar-refractivity contribution in [2.45, 2.75) is 18.9 Å². The number of nitrogens with two attached hydrogens (primary N) is 1. The van der Waals surface area contributed by atoms with Gasteiger partial charge in [-0.05, 0) is 24.6 Å². The van der Waals surface area contributed by atoms with Gasteiger partial charge in [-0.25, -0.2) is 0 Å². The highest BCUT2D eigenvalue weighted by molar-refractivity contribution is 6.23. The normalized spacial score (nSPS) is 19.3. The van der Waals surface area contributed by atoms with Crippen molar-refractivity contribution in [1.82, 2.24) is 10.2 Å². The van der Waals surface area contributed by atoms with Crippen molar-refractivity contribution in [3.05, 3.63) is 29.3 Å². The van der Waals surface area contributed by atoms with Gasteiger partial charge < -0.3 is 15.4 Å². The summed E-state index contributed by atoms with van der Waals surface area (Å²) in [5.41, 5.74) is 6.67. The molecule has 2 aliphatic rings. The molecule has 1 aromatic rings. The van der Waals surface area contributed by atoms with E-state index in [1.807, 2.05) is 11.9 Å². The van der Waals surface area contributed by atoms with E-state index in [0.29, 0.717) is 26.3 Å². The fraction of sp³-hybridized carbons (Fsp3) is 0.444. The van der Waals surface area contributed by atoms with Crippen molar-refractivity contribution < 1.29 is 23.9 Å². The fourth-order valence-electron chi connectivity index (χ4n) is 3.21. The van der Waals surface area contributed by atoms with E-state index in [-0.39, 0.29) is 24.0 Å². The number of amides is 4. The molecule has 0 radical (unpaired) electrons. The first-order valence-electron chi connectivity index (χ1n) is 8.78. The molecule has 9 heteroatoms. The summed E-state index contributed by atoms with van der Waals surface area (Å²) in [4.78, 5) is 51.7. The van der Waals surface area contributed by atoms with Gasteiger partial charge in [0.15, 0.2) is 0 Å². The minimum absolute atomic E-state index is 0.0978. The second kappa shape index (κ2) is 7.85. The van der Waals surface area contributed by atoms with Crippen molar-refractivity contribution in [3.8, 4) is 0 Å². The molecule has 144 valence electrons. The maximum atomic E-state index is 12.8. The highest BCUT2D eigenvalue weighted by atomic mass is 16.5. The molecular formula is C18H22N4O5. The summed E-state index contributed by atoms with van der Waals surface area (Å²) < 4.78 is 5.35. The number of fused-ring (bicyclic) bond motifs is 1. The molecule has 2 heterocycles. The molecule has 2 aliphatic heterocycles. The quantitative estimate of drug-likeness (QED) is 0.487. The summed E-state index contributed by atoms with van der Waals surface area (Å²) in [5.74, 6) is -2.03. The first-order chi connectivity index (χ1) is 12.9. The van der Waals surface area contributed by atoms with Gasteiger partial charge in [-0.15, -0.1) is 0 Å². The topological polar surface area (TPSA) is 122 Å². The summed E-state index contributed by atoms with van der Waals surface area (Å²) in [6.45, 7) is 2.01. The van der Waals surface area contributed by atoms with Gasteiger partial charge in [0.05, 0.1) is 24.3 Å². The lowest BCUT2D eigenvalue weighted by molar-refractivity contribution is -0.136. The predicted molar refractivity (Wildman–Crippen MR) is 96.3 cm³/mol. The van der Waals surface area contributed by atoms with Gasteiger partial charge in [0, 0.05) is 32.2 Å². The molecule has 1 unspecified atom stereocenters. The van der Waals surface area contributed by atoms with Crippen molar-refractivity contribution in [2.24, 2.45) is 5.73 Å². The van der Waals surface area contributed by atoms with Gasteiger partial charge in [0.1, 0.15) is 6.04 Å². The summed E-state index contributed by atoms with van der Waals surface area (Å²) in [7, 11) is 1.85. The van der Waals surface area contributed by atoms with E-state index in [1.54, 1.807) is 18.2 Å². The van der Waals surface area contributed by atoms with Crippen LogP contribution in [0, 0.1) is 0 Å². The Morgan fingerprint density at radius 2 is 1.93 bits per heavy atom. The SMILES string of the molecule is CN(CCOCCN)c1ccc2c(c1)C(=O)N(C1CCC(=O)NC1=O)C2=O. The molecule has 3 N–H and O–H groups in total. The first-order valence-corrected chi connectivity index (χ1v) is 8.78. The van der Waals surface area contributed by atoms with Crippen molar-refractivity contribution >= 4 is 29.3 Å². The Kier molecular flexibility index (Phi) is 5.52. The molecule has 0 saturated carbocycles. The monoisotopic (exact) mass is 374 g/mol. The number of rotatable bonds is 7. The van der Waals surface area contributed by atoms with Gasteiger partial charge in [0.2, 0.25) is 11.8 Å². The Bertz CT molecular complexity index is 794. The molecule has 0 spiro atoms. The number of piperidine rings is 1. The third-order valence-corrected chi connectivity index (χ3v) is 4.70. The minimum Gasteiger partial charge on any atom is -0.378 e. The van der Waals surface area contributed by atoms with Gasteiger partial charge in [-0.3, -0.25) is 29.4 Å². The van der Waals surface area contributed by atoms with Crippen molar-refractivity contribution in [2.75, 3.05) is 38.3 Å². The van der Waals surface area contributed by atoms with Crippen LogP contribution in [0.5, 0.6) is 0 Å². The lowest BCUT2D eigenvalue weighted by atomic mass is 10.0. The van der Waals surface area contributed by atoms with E-state index < -0.39 is 29.7 Å². The number of hydrogen-bond donors (Lipinski definition) is 2. The number of benzene rings is 1. The fourth-order valence-corrected chi connectivity index (χ4v) is 3.21. The average Bonchev–Trinajstić information content (AvgIpc) is 2.89. The predicted octanol–water partition coefficient (Wildman–Crippen LogP) is -0.501. The van der Waals surface area contributed by atoms with Crippen LogP contribution in [0.15, 0.2) is 18.2 Å². The van der Waals surface area contributed by atoms with Crippen LogP contribution in [0.2, 0.25) is 0 Å². The molecule has 1 atom stereocenters. The number of nitrogens with one attached hydrogen (secondary N) is 1. The lowest BCUT2D eigenvalue weighted by Gasteiger charge is -2.27. The Morgan fingerprint density at radius 3 is 2.63 bits per heavy atom. The van der Waals surface area contributed by atoms with E-state index in [1.165, 1.54) is 0 Å². The van der Waals surface area contributed by atoms with Crippen LogP contribution in [-0.2, 0) is 14.3 Å². The zero-order valence-corrected chi connectivity index (χ0v) is 15.1. The molecule has 0 aromatic heterocycles. The third kappa shape index (κ3) is 3.69. The van der Waals surface area contributed by atoms with Gasteiger partial charge in [-0.1, -0.05) is 0 Å². The van der Waals surface area contributed by atoms with Crippen LogP contribution >= 0.6 is 0 Å². The molecule has 3 rings (SSSR count). The van der Waals surface area contributed by atoms with Gasteiger partial charge in [0.25, 0.3) is 11.8 Å². The Hall–Kier alpha value is -2.78. The van der Waals surface area contributed by atoms with Gasteiger partial charge >= 0.3 is 0 Å². The number of carbonyl (C=O) groups is 4. The number of ether oxygens (including phenoxy) is 1. The van der Waals surface area contributed by atoms with Crippen molar-refractivity contribution in [3.63, 3.8) is 0 Å². The standard InChI is InChI=1S/C18H22N4O5/c1-21(7-9-27-8-6-19)11-2-3-12-13(10-11)18(26)22(17(12)25)14-4-5-15(23)20-16(14)24/h2-3,10,14H,4-9,19H2,1H3,(H,20,23,24). The maximum absolute atomic E-state index is 12.8. The number of likely N-dealkylation sites (N-methyl/N-ethyl adjacent to an activating group) is 1. The summed E-state index contributed by atoms with van der Waals surface area (Å²) in [6, 6.07) is 4.03. The Balaban J connectivity index is 1.76. The number of nitrogens with zero attached hydrogens (tertiary/aromatic N) is 2. The Morgan fingerprint density at radius 1 is 1.19 bits per heavy atom. The second-order valence-electron chi connectivity index (χ2n) is 6.50. The largest absolute Gasteiger partial charge is 0.378 e. The average molecular weight is 374 g/mol. The molecule has 27 heavy (non-hydrogen) atoms. The number of imide groups is 2. The van der Waals surface area contributed by atoms with E-state index in [2.05, 4.69) is 5.32 Å². The summed E-state index contributed by atoms with van der Waals surface area (Å²) >= 11 is 0.